The van der Waals surface area contributed by atoms with E-state index >= 15 is 0 Å². The van der Waals surface area contributed by atoms with Crippen LogP contribution in [0.1, 0.15) is 6.92 Å². The zero-order valence-corrected chi connectivity index (χ0v) is 13.4. The number of amides is 1. The van der Waals surface area contributed by atoms with E-state index in [1.165, 1.54) is 10.9 Å². The van der Waals surface area contributed by atoms with Gasteiger partial charge in [-0.1, -0.05) is 12.1 Å². The van der Waals surface area contributed by atoms with Crippen LogP contribution in [0, 0.1) is 10.1 Å². The molecule has 1 amide bonds. The van der Waals surface area contributed by atoms with Gasteiger partial charge in [-0.3, -0.25) is 19.6 Å². The van der Waals surface area contributed by atoms with Gasteiger partial charge in [-0.05, 0) is 19.1 Å². The second kappa shape index (κ2) is 6.91. The minimum absolute atomic E-state index is 0.122. The van der Waals surface area contributed by atoms with Gasteiger partial charge in [-0.15, -0.1) is 10.2 Å². The van der Waals surface area contributed by atoms with Crippen molar-refractivity contribution in [1.29, 1.82) is 0 Å². The first-order valence-electron chi connectivity index (χ1n) is 7.51. The van der Waals surface area contributed by atoms with Gasteiger partial charge in [0.1, 0.15) is 25.3 Å². The second-order valence-corrected chi connectivity index (χ2v) is 5.22. The summed E-state index contributed by atoms with van der Waals surface area (Å²) in [5, 5.41) is 25.1. The minimum atomic E-state index is -0.561. The Bertz CT molecular complexity index is 915. The number of hydrogen-bond acceptors (Lipinski definition) is 6. The Morgan fingerprint density at radius 3 is 2.96 bits per heavy atom. The number of aryl methyl sites for hydroxylation is 1. The number of carbonyl (C=O) groups is 1. The third-order valence-electron chi connectivity index (χ3n) is 3.50. The fourth-order valence-corrected chi connectivity index (χ4v) is 2.33. The Hall–Kier alpha value is -3.56. The zero-order valence-electron chi connectivity index (χ0n) is 13.4. The van der Waals surface area contributed by atoms with Crippen LogP contribution in [0.15, 0.2) is 43.0 Å². The molecule has 10 nitrogen and oxygen atoms in total. The molecule has 0 spiro atoms. The van der Waals surface area contributed by atoms with Crippen molar-refractivity contribution in [2.45, 2.75) is 20.0 Å². The Morgan fingerprint density at radius 2 is 2.24 bits per heavy atom. The van der Waals surface area contributed by atoms with Gasteiger partial charge in [0.05, 0.1) is 4.92 Å². The topological polar surface area (TPSA) is 121 Å². The maximum absolute atomic E-state index is 12.1. The molecule has 0 bridgehead atoms. The van der Waals surface area contributed by atoms with Gasteiger partial charge < -0.3 is 9.88 Å². The average molecular weight is 341 g/mol. The van der Waals surface area contributed by atoms with Crippen LogP contribution in [0.2, 0.25) is 0 Å². The fourth-order valence-electron chi connectivity index (χ4n) is 2.33. The van der Waals surface area contributed by atoms with Crippen LogP contribution in [0.5, 0.6) is 0 Å². The molecule has 0 unspecified atom stereocenters. The molecular formula is C15H15N7O3. The highest BCUT2D eigenvalue weighted by atomic mass is 16.6. The van der Waals surface area contributed by atoms with Crippen molar-refractivity contribution >= 4 is 17.3 Å². The lowest BCUT2D eigenvalue weighted by atomic mass is 10.2. The van der Waals surface area contributed by atoms with Crippen LogP contribution in [0.25, 0.3) is 11.4 Å². The Balaban J connectivity index is 1.71. The van der Waals surface area contributed by atoms with Crippen molar-refractivity contribution in [2.24, 2.45) is 0 Å². The number of aromatic nitrogens is 5. The van der Waals surface area contributed by atoms with Gasteiger partial charge in [0, 0.05) is 17.8 Å². The standard InChI is InChI=1S/C15H15N7O3/c1-2-20-10-16-19-15(20)11-4-3-5-12(6-11)18-14(23)9-21-8-13(7-17-21)22(24)25/h3-8,10H,2,9H2,1H3,(H,18,23). The molecule has 3 rings (SSSR count). The van der Waals surface area contributed by atoms with Crippen LogP contribution < -0.4 is 5.32 Å². The van der Waals surface area contributed by atoms with Crippen LogP contribution in [-0.2, 0) is 17.9 Å². The van der Waals surface area contributed by atoms with E-state index in [2.05, 4.69) is 20.6 Å². The second-order valence-electron chi connectivity index (χ2n) is 5.22. The molecule has 0 saturated carbocycles. The molecule has 0 saturated heterocycles. The number of rotatable bonds is 6. The van der Waals surface area contributed by atoms with E-state index in [9.17, 15) is 14.9 Å². The van der Waals surface area contributed by atoms with Gasteiger partial charge in [-0.25, -0.2) is 0 Å². The monoisotopic (exact) mass is 341 g/mol. The highest BCUT2D eigenvalue weighted by molar-refractivity contribution is 5.91. The summed E-state index contributed by atoms with van der Waals surface area (Å²) < 4.78 is 3.11. The number of nitrogens with one attached hydrogen (secondary N) is 1. The summed E-state index contributed by atoms with van der Waals surface area (Å²) in [6.07, 6.45) is 3.95. The van der Waals surface area contributed by atoms with Gasteiger partial charge >= 0.3 is 5.69 Å². The molecule has 0 aliphatic rings. The number of carbonyl (C=O) groups excluding carboxylic acids is 1. The molecule has 0 atom stereocenters. The van der Waals surface area contributed by atoms with Gasteiger partial charge in [-0.2, -0.15) is 5.10 Å². The SMILES string of the molecule is CCn1cnnc1-c1cccc(NC(=O)Cn2cc([N+](=O)[O-])cn2)c1. The lowest BCUT2D eigenvalue weighted by molar-refractivity contribution is -0.385. The van der Waals surface area contributed by atoms with Gasteiger partial charge in [0.25, 0.3) is 0 Å². The summed E-state index contributed by atoms with van der Waals surface area (Å²) in [4.78, 5) is 22.2. The van der Waals surface area contributed by atoms with E-state index in [4.69, 9.17) is 0 Å². The molecule has 128 valence electrons. The third kappa shape index (κ3) is 3.68. The van der Waals surface area contributed by atoms with Crippen LogP contribution in [0.3, 0.4) is 0 Å². The van der Waals surface area contributed by atoms with E-state index < -0.39 is 4.92 Å². The Labute approximate surface area is 142 Å². The van der Waals surface area contributed by atoms with E-state index in [-0.39, 0.29) is 18.1 Å². The first kappa shape index (κ1) is 16.3. The van der Waals surface area contributed by atoms with E-state index in [1.807, 2.05) is 17.6 Å². The maximum atomic E-state index is 12.1. The van der Waals surface area contributed by atoms with E-state index in [0.29, 0.717) is 11.5 Å². The summed E-state index contributed by atoms with van der Waals surface area (Å²) in [6, 6.07) is 7.22. The molecule has 2 aromatic heterocycles. The summed E-state index contributed by atoms with van der Waals surface area (Å²) in [5.74, 6) is 0.369. The molecule has 0 fully saturated rings. The highest BCUT2D eigenvalue weighted by Crippen LogP contribution is 2.20. The van der Waals surface area contributed by atoms with Crippen molar-refractivity contribution < 1.29 is 9.72 Å². The Morgan fingerprint density at radius 1 is 1.40 bits per heavy atom. The molecule has 3 aromatic rings. The number of hydrogen-bond donors (Lipinski definition) is 1. The molecular weight excluding hydrogens is 326 g/mol. The summed E-state index contributed by atoms with van der Waals surface area (Å²) in [5.41, 5.74) is 1.26. The van der Waals surface area contributed by atoms with Crippen LogP contribution in [0.4, 0.5) is 11.4 Å². The number of nitro groups is 1. The average Bonchev–Trinajstić information content (AvgIpc) is 3.23. The van der Waals surface area contributed by atoms with Crippen LogP contribution in [-0.4, -0.2) is 35.4 Å². The predicted molar refractivity (Wildman–Crippen MR) is 88.6 cm³/mol. The normalized spacial score (nSPS) is 10.6. The first-order valence-corrected chi connectivity index (χ1v) is 7.51. The zero-order chi connectivity index (χ0) is 17.8. The van der Waals surface area contributed by atoms with Crippen LogP contribution >= 0.6 is 0 Å². The van der Waals surface area contributed by atoms with Gasteiger partial charge in [0.2, 0.25) is 5.91 Å². The van der Waals surface area contributed by atoms with Crippen molar-refractivity contribution in [3.63, 3.8) is 0 Å². The Kier molecular flexibility index (Phi) is 4.50. The van der Waals surface area contributed by atoms with Crippen molar-refractivity contribution in [3.05, 3.63) is 53.1 Å². The molecule has 25 heavy (non-hydrogen) atoms. The quantitative estimate of drug-likeness (QED) is 0.538. The summed E-state index contributed by atoms with van der Waals surface area (Å²) >= 11 is 0. The number of anilines is 1. The van der Waals surface area contributed by atoms with Gasteiger partial charge in [0.15, 0.2) is 5.82 Å². The minimum Gasteiger partial charge on any atom is -0.324 e. The van der Waals surface area contributed by atoms with E-state index in [0.717, 1.165) is 18.3 Å². The molecule has 0 aliphatic heterocycles. The fraction of sp³-hybridized carbons (Fsp3) is 0.200. The molecule has 0 radical (unpaired) electrons. The number of nitrogens with zero attached hydrogens (tertiary/aromatic N) is 6. The largest absolute Gasteiger partial charge is 0.324 e. The molecule has 1 aromatic carbocycles. The van der Waals surface area contributed by atoms with Crippen molar-refractivity contribution in [1.82, 2.24) is 24.5 Å². The lowest BCUT2D eigenvalue weighted by Gasteiger charge is -2.08. The first-order chi connectivity index (χ1) is 12.1. The number of benzene rings is 1. The predicted octanol–water partition coefficient (Wildman–Crippen LogP) is 1.71. The molecule has 2 heterocycles. The van der Waals surface area contributed by atoms with E-state index in [1.54, 1.807) is 24.5 Å². The summed E-state index contributed by atoms with van der Waals surface area (Å²) in [6.45, 7) is 2.60. The smallest absolute Gasteiger partial charge is 0.307 e. The van der Waals surface area contributed by atoms with Crippen molar-refractivity contribution in [2.75, 3.05) is 5.32 Å². The third-order valence-corrected chi connectivity index (χ3v) is 3.50. The lowest BCUT2D eigenvalue weighted by Crippen LogP contribution is -2.19. The molecule has 1 N–H and O–H groups in total. The summed E-state index contributed by atoms with van der Waals surface area (Å²) in [7, 11) is 0. The molecule has 10 heteroatoms. The highest BCUT2D eigenvalue weighted by Gasteiger charge is 2.12. The maximum Gasteiger partial charge on any atom is 0.307 e. The molecule has 0 aliphatic carbocycles. The van der Waals surface area contributed by atoms with Crippen molar-refractivity contribution in [3.8, 4) is 11.4 Å².